The van der Waals surface area contributed by atoms with Crippen LogP contribution in [0.1, 0.15) is 6.92 Å². The predicted octanol–water partition coefficient (Wildman–Crippen LogP) is 3.58. The van der Waals surface area contributed by atoms with Crippen LogP contribution in [0.2, 0.25) is 0 Å². The van der Waals surface area contributed by atoms with Crippen LogP contribution in [0.5, 0.6) is 0 Å². The lowest BCUT2D eigenvalue weighted by Crippen LogP contribution is -2.03. The molecular weight excluding hydrogens is 233 g/mol. The molecule has 13 heavy (non-hydrogen) atoms. The molecule has 0 aromatic heterocycles. The van der Waals surface area contributed by atoms with E-state index in [0.717, 1.165) is 5.57 Å². The van der Waals surface area contributed by atoms with Gasteiger partial charge in [0.05, 0.1) is 10.2 Å². The highest BCUT2D eigenvalue weighted by Crippen LogP contribution is 2.22. The molecule has 0 aliphatic carbocycles. The molecular formula is C10H11BrFN. The van der Waals surface area contributed by atoms with Crippen LogP contribution in [0, 0.1) is 5.82 Å². The summed E-state index contributed by atoms with van der Waals surface area (Å²) in [6.07, 6.45) is 0. The number of anilines is 1. The molecule has 0 saturated carbocycles. The Morgan fingerprint density at radius 2 is 2.31 bits per heavy atom. The van der Waals surface area contributed by atoms with E-state index in [9.17, 15) is 4.39 Å². The summed E-state index contributed by atoms with van der Waals surface area (Å²) in [4.78, 5) is 0. The van der Waals surface area contributed by atoms with Crippen molar-refractivity contribution in [2.75, 3.05) is 11.9 Å². The third-order valence-electron chi connectivity index (χ3n) is 1.53. The first-order chi connectivity index (χ1) is 6.11. The van der Waals surface area contributed by atoms with Gasteiger partial charge >= 0.3 is 0 Å². The summed E-state index contributed by atoms with van der Waals surface area (Å²) in [6, 6.07) is 5.15. The van der Waals surface area contributed by atoms with Crippen molar-refractivity contribution in [2.24, 2.45) is 0 Å². The molecule has 0 heterocycles. The molecule has 0 spiro atoms. The van der Waals surface area contributed by atoms with Crippen LogP contribution < -0.4 is 5.32 Å². The van der Waals surface area contributed by atoms with Crippen molar-refractivity contribution >= 4 is 21.6 Å². The Morgan fingerprint density at radius 3 is 2.92 bits per heavy atom. The lowest BCUT2D eigenvalue weighted by atomic mass is 10.3. The fraction of sp³-hybridized carbons (Fsp3) is 0.200. The van der Waals surface area contributed by atoms with Gasteiger partial charge in [0.25, 0.3) is 0 Å². The monoisotopic (exact) mass is 243 g/mol. The standard InChI is InChI=1S/C10H11BrFN/c1-7(2)6-13-9-5-3-4-8(11)10(9)12/h3-5,13H,1,6H2,2H3. The molecule has 1 rings (SSSR count). The zero-order valence-corrected chi connectivity index (χ0v) is 8.99. The quantitative estimate of drug-likeness (QED) is 0.801. The lowest BCUT2D eigenvalue weighted by Gasteiger charge is -2.07. The van der Waals surface area contributed by atoms with E-state index in [-0.39, 0.29) is 5.82 Å². The molecule has 0 fully saturated rings. The molecule has 1 aromatic carbocycles. The van der Waals surface area contributed by atoms with Crippen LogP contribution >= 0.6 is 15.9 Å². The van der Waals surface area contributed by atoms with Gasteiger partial charge in [0, 0.05) is 6.54 Å². The zero-order valence-electron chi connectivity index (χ0n) is 7.40. The first-order valence-corrected chi connectivity index (χ1v) is 4.73. The van der Waals surface area contributed by atoms with Crippen molar-refractivity contribution in [3.63, 3.8) is 0 Å². The molecule has 0 unspecified atom stereocenters. The first kappa shape index (κ1) is 10.3. The molecule has 0 amide bonds. The second kappa shape index (κ2) is 4.42. The van der Waals surface area contributed by atoms with E-state index in [0.29, 0.717) is 16.7 Å². The molecule has 70 valence electrons. The van der Waals surface area contributed by atoms with E-state index in [4.69, 9.17) is 0 Å². The fourth-order valence-electron chi connectivity index (χ4n) is 0.886. The van der Waals surface area contributed by atoms with E-state index < -0.39 is 0 Å². The molecule has 1 N–H and O–H groups in total. The highest BCUT2D eigenvalue weighted by atomic mass is 79.9. The van der Waals surface area contributed by atoms with Gasteiger partial charge in [-0.05, 0) is 35.0 Å². The topological polar surface area (TPSA) is 12.0 Å². The Kier molecular flexibility index (Phi) is 3.48. The minimum Gasteiger partial charge on any atom is -0.379 e. The lowest BCUT2D eigenvalue weighted by molar-refractivity contribution is 0.624. The molecule has 0 radical (unpaired) electrons. The van der Waals surface area contributed by atoms with Gasteiger partial charge in [-0.3, -0.25) is 0 Å². The SMILES string of the molecule is C=C(C)CNc1cccc(Br)c1F. The molecule has 0 atom stereocenters. The summed E-state index contributed by atoms with van der Waals surface area (Å²) in [7, 11) is 0. The smallest absolute Gasteiger partial charge is 0.160 e. The highest BCUT2D eigenvalue weighted by Gasteiger charge is 2.03. The Morgan fingerprint density at radius 1 is 1.62 bits per heavy atom. The second-order valence-electron chi connectivity index (χ2n) is 2.91. The molecule has 1 nitrogen and oxygen atoms in total. The highest BCUT2D eigenvalue weighted by molar-refractivity contribution is 9.10. The van der Waals surface area contributed by atoms with Crippen molar-refractivity contribution in [1.82, 2.24) is 0 Å². The van der Waals surface area contributed by atoms with Crippen molar-refractivity contribution in [3.8, 4) is 0 Å². The van der Waals surface area contributed by atoms with E-state index in [1.165, 1.54) is 0 Å². The van der Waals surface area contributed by atoms with Gasteiger partial charge in [-0.2, -0.15) is 0 Å². The summed E-state index contributed by atoms with van der Waals surface area (Å²) in [5.74, 6) is -0.260. The van der Waals surface area contributed by atoms with Crippen LogP contribution in [0.25, 0.3) is 0 Å². The van der Waals surface area contributed by atoms with Crippen LogP contribution in [0.3, 0.4) is 0 Å². The van der Waals surface area contributed by atoms with Gasteiger partial charge in [-0.15, -0.1) is 0 Å². The Labute approximate surface area is 85.8 Å². The van der Waals surface area contributed by atoms with Crippen molar-refractivity contribution in [2.45, 2.75) is 6.92 Å². The molecule has 0 saturated heterocycles. The van der Waals surface area contributed by atoms with Crippen molar-refractivity contribution in [3.05, 3.63) is 40.6 Å². The van der Waals surface area contributed by atoms with Crippen LogP contribution in [-0.4, -0.2) is 6.54 Å². The number of rotatable bonds is 3. The number of hydrogen-bond donors (Lipinski definition) is 1. The number of hydrogen-bond acceptors (Lipinski definition) is 1. The maximum absolute atomic E-state index is 13.3. The van der Waals surface area contributed by atoms with Crippen molar-refractivity contribution in [1.29, 1.82) is 0 Å². The Bertz CT molecular complexity index is 323. The minimum absolute atomic E-state index is 0.260. The average molecular weight is 244 g/mol. The summed E-state index contributed by atoms with van der Waals surface area (Å²) in [5, 5.41) is 2.95. The van der Waals surface area contributed by atoms with E-state index >= 15 is 0 Å². The number of benzene rings is 1. The molecule has 1 aromatic rings. The summed E-state index contributed by atoms with van der Waals surface area (Å²) >= 11 is 3.12. The van der Waals surface area contributed by atoms with Gasteiger partial charge < -0.3 is 5.32 Å². The first-order valence-electron chi connectivity index (χ1n) is 3.93. The number of halogens is 2. The molecule has 0 aliphatic heterocycles. The predicted molar refractivity (Wildman–Crippen MR) is 57.4 cm³/mol. The molecule has 3 heteroatoms. The van der Waals surface area contributed by atoms with Gasteiger partial charge in [-0.25, -0.2) is 4.39 Å². The van der Waals surface area contributed by atoms with Crippen LogP contribution in [-0.2, 0) is 0 Å². The third kappa shape index (κ3) is 2.84. The van der Waals surface area contributed by atoms with Gasteiger partial charge in [-0.1, -0.05) is 18.2 Å². The summed E-state index contributed by atoms with van der Waals surface area (Å²) in [5.41, 5.74) is 1.47. The minimum atomic E-state index is -0.260. The zero-order chi connectivity index (χ0) is 9.84. The van der Waals surface area contributed by atoms with Gasteiger partial charge in [0.1, 0.15) is 0 Å². The van der Waals surface area contributed by atoms with E-state index in [1.807, 2.05) is 6.92 Å². The number of nitrogens with one attached hydrogen (secondary N) is 1. The average Bonchev–Trinajstić information content (AvgIpc) is 2.07. The van der Waals surface area contributed by atoms with E-state index in [2.05, 4.69) is 27.8 Å². The Hall–Kier alpha value is -0.830. The van der Waals surface area contributed by atoms with E-state index in [1.54, 1.807) is 18.2 Å². The maximum Gasteiger partial charge on any atom is 0.160 e. The van der Waals surface area contributed by atoms with Gasteiger partial charge in [0.2, 0.25) is 0 Å². The summed E-state index contributed by atoms with van der Waals surface area (Å²) in [6.45, 7) is 6.21. The normalized spacial score (nSPS) is 9.77. The van der Waals surface area contributed by atoms with Crippen LogP contribution in [0.4, 0.5) is 10.1 Å². The Balaban J connectivity index is 2.77. The molecule has 0 bridgehead atoms. The summed E-state index contributed by atoms with van der Waals surface area (Å²) < 4.78 is 13.8. The third-order valence-corrected chi connectivity index (χ3v) is 2.14. The fourth-order valence-corrected chi connectivity index (χ4v) is 1.25. The largest absolute Gasteiger partial charge is 0.379 e. The maximum atomic E-state index is 13.3. The second-order valence-corrected chi connectivity index (χ2v) is 3.77. The van der Waals surface area contributed by atoms with Crippen molar-refractivity contribution < 1.29 is 4.39 Å². The molecule has 0 aliphatic rings. The van der Waals surface area contributed by atoms with Crippen LogP contribution in [0.15, 0.2) is 34.8 Å². The van der Waals surface area contributed by atoms with Gasteiger partial charge in [0.15, 0.2) is 5.82 Å².